The predicted octanol–water partition coefficient (Wildman–Crippen LogP) is 7.13. The number of nitrogens with one attached hydrogen (secondary N) is 1. The highest BCUT2D eigenvalue weighted by Gasteiger charge is 2.40. The number of alkyl halides is 2. The second-order valence-corrected chi connectivity index (χ2v) is 9.72. The van der Waals surface area contributed by atoms with Gasteiger partial charge in [-0.2, -0.15) is 10.1 Å². The van der Waals surface area contributed by atoms with Crippen LogP contribution >= 0.6 is 0 Å². The average Bonchev–Trinajstić information content (AvgIpc) is 3.25. The molecule has 0 aliphatic carbocycles. The molecule has 1 aliphatic heterocycles. The zero-order chi connectivity index (χ0) is 29.7. The Morgan fingerprint density at radius 1 is 1.12 bits per heavy atom. The van der Waals surface area contributed by atoms with Crippen LogP contribution in [0.2, 0.25) is 0 Å². The van der Waals surface area contributed by atoms with Crippen molar-refractivity contribution in [3.63, 3.8) is 0 Å². The van der Waals surface area contributed by atoms with Crippen LogP contribution in [0, 0.1) is 5.92 Å². The highest BCUT2D eigenvalue weighted by Crippen LogP contribution is 2.32. The van der Waals surface area contributed by atoms with E-state index in [1.54, 1.807) is 32.3 Å². The number of benzene rings is 3. The number of carbonyl (C=O) groups is 2. The van der Waals surface area contributed by atoms with Crippen molar-refractivity contribution >= 4 is 34.5 Å². The smallest absolute Gasteiger partial charge is 0.270 e. The lowest BCUT2D eigenvalue weighted by atomic mass is 9.97. The lowest BCUT2D eigenvalue weighted by Gasteiger charge is -2.18. The van der Waals surface area contributed by atoms with Gasteiger partial charge in [0, 0.05) is 24.6 Å². The molecule has 1 aliphatic rings. The van der Waals surface area contributed by atoms with E-state index in [4.69, 9.17) is 4.74 Å². The van der Waals surface area contributed by atoms with Crippen molar-refractivity contribution in [2.75, 3.05) is 17.4 Å². The van der Waals surface area contributed by atoms with E-state index >= 15 is 0 Å². The number of hydrogen-bond acceptors (Lipinski definition) is 4. The maximum Gasteiger partial charge on any atom is 0.270 e. The Bertz CT molecular complexity index is 1570. The molecule has 0 bridgehead atoms. The van der Waals surface area contributed by atoms with Crippen molar-refractivity contribution in [1.29, 1.82) is 0 Å². The maximum atomic E-state index is 13.8. The Kier molecular flexibility index (Phi) is 8.62. The zero-order valence-corrected chi connectivity index (χ0v) is 23.2. The molecule has 1 atom stereocenters. The van der Waals surface area contributed by atoms with Gasteiger partial charge in [-0.05, 0) is 59.5 Å². The number of para-hydroxylation sites is 1. The molecule has 8 heteroatoms. The highest BCUT2D eigenvalue weighted by molar-refractivity contribution is 6.28. The summed E-state index contributed by atoms with van der Waals surface area (Å²) in [6.07, 6.45) is 5.66. The van der Waals surface area contributed by atoms with Crippen LogP contribution in [0.1, 0.15) is 36.1 Å². The van der Waals surface area contributed by atoms with Gasteiger partial charge in [0.15, 0.2) is 5.92 Å². The minimum Gasteiger partial charge on any atom is -0.496 e. The van der Waals surface area contributed by atoms with Crippen molar-refractivity contribution in [2.24, 2.45) is 11.0 Å². The molecule has 0 saturated heterocycles. The fourth-order valence-electron chi connectivity index (χ4n) is 4.68. The molecule has 1 heterocycles. The quantitative estimate of drug-likeness (QED) is 0.214. The molecule has 0 fully saturated rings. The van der Waals surface area contributed by atoms with Gasteiger partial charge in [-0.25, -0.2) is 8.78 Å². The minimum atomic E-state index is -3.07. The number of carbonyl (C=O) groups excluding carboxylic acids is 2. The molecule has 4 rings (SSSR count). The van der Waals surface area contributed by atoms with Gasteiger partial charge in [0.2, 0.25) is 5.91 Å². The van der Waals surface area contributed by atoms with Crippen LogP contribution < -0.4 is 15.1 Å². The molecule has 41 heavy (non-hydrogen) atoms. The van der Waals surface area contributed by atoms with Gasteiger partial charge < -0.3 is 10.1 Å². The van der Waals surface area contributed by atoms with E-state index in [-0.39, 0.29) is 17.0 Å². The van der Waals surface area contributed by atoms with Crippen LogP contribution in [0.3, 0.4) is 0 Å². The van der Waals surface area contributed by atoms with Crippen molar-refractivity contribution in [3.05, 3.63) is 120 Å². The molecule has 3 aromatic carbocycles. The summed E-state index contributed by atoms with van der Waals surface area (Å²) in [6.45, 7) is 10.0. The highest BCUT2D eigenvalue weighted by atomic mass is 19.3. The van der Waals surface area contributed by atoms with Crippen LogP contribution in [0.15, 0.2) is 103 Å². The number of hydrazone groups is 1. The largest absolute Gasteiger partial charge is 0.496 e. The van der Waals surface area contributed by atoms with Crippen LogP contribution in [0.4, 0.5) is 20.2 Å². The molecular weight excluding hydrogens is 524 g/mol. The standard InChI is InChI=1S/C33H31F2N3O3/c1-6-11-23(7-2)25-17-22(16-24-12-8-9-15-29(24)41-5)18-28(19-25)38-32(40)30(21(3)37-38)31(39)36-27-14-10-13-26(20-27)33(4,34)35/h6-15,17-20,30H,1-2,16H2,3-5H3,(H,36,39)/b23-11+. The summed E-state index contributed by atoms with van der Waals surface area (Å²) in [6, 6.07) is 18.7. The fraction of sp³-hybridized carbons (Fsp3) is 0.182. The Hall–Kier alpha value is -4.85. The number of hydrogen-bond donors (Lipinski definition) is 1. The van der Waals surface area contributed by atoms with E-state index in [1.165, 1.54) is 29.3 Å². The first kappa shape index (κ1) is 29.1. The second kappa shape index (κ2) is 12.1. The van der Waals surface area contributed by atoms with E-state index in [2.05, 4.69) is 23.6 Å². The van der Waals surface area contributed by atoms with E-state index in [0.29, 0.717) is 12.1 Å². The average molecular weight is 556 g/mol. The molecule has 0 radical (unpaired) electrons. The SMILES string of the molecule is C=C/C=C(\C=C)c1cc(Cc2ccccc2OC)cc(N2N=C(C)C(C(=O)Nc3cccc(C(C)(F)F)c3)C2=O)c1. The summed E-state index contributed by atoms with van der Waals surface area (Å²) in [5, 5.41) is 8.23. The maximum absolute atomic E-state index is 13.8. The van der Waals surface area contributed by atoms with Crippen molar-refractivity contribution in [2.45, 2.75) is 26.2 Å². The van der Waals surface area contributed by atoms with Gasteiger partial charge in [-0.3, -0.25) is 9.59 Å². The Morgan fingerprint density at radius 2 is 1.88 bits per heavy atom. The Balaban J connectivity index is 1.67. The van der Waals surface area contributed by atoms with E-state index < -0.39 is 23.7 Å². The molecule has 2 amide bonds. The van der Waals surface area contributed by atoms with Crippen LogP contribution in [-0.2, 0) is 21.9 Å². The van der Waals surface area contributed by atoms with Gasteiger partial charge in [0.05, 0.1) is 18.5 Å². The van der Waals surface area contributed by atoms with Gasteiger partial charge in [0.25, 0.3) is 11.8 Å². The molecule has 1 unspecified atom stereocenters. The first-order valence-corrected chi connectivity index (χ1v) is 13.0. The number of nitrogens with zero attached hydrogens (tertiary/aromatic N) is 2. The zero-order valence-electron chi connectivity index (χ0n) is 23.2. The number of allylic oxidation sites excluding steroid dienone is 4. The summed E-state index contributed by atoms with van der Waals surface area (Å²) >= 11 is 0. The summed E-state index contributed by atoms with van der Waals surface area (Å²) in [5.41, 5.74) is 4.08. The molecule has 0 saturated carbocycles. The third-order valence-corrected chi connectivity index (χ3v) is 6.69. The number of halogens is 2. The van der Waals surface area contributed by atoms with E-state index in [9.17, 15) is 18.4 Å². The van der Waals surface area contributed by atoms with Crippen LogP contribution in [0.25, 0.3) is 5.57 Å². The summed E-state index contributed by atoms with van der Waals surface area (Å²) in [4.78, 5) is 26.8. The van der Waals surface area contributed by atoms with Gasteiger partial charge in [-0.15, -0.1) is 0 Å². The van der Waals surface area contributed by atoms with Crippen LogP contribution in [0.5, 0.6) is 5.75 Å². The fourth-order valence-corrected chi connectivity index (χ4v) is 4.68. The van der Waals surface area contributed by atoms with Crippen molar-refractivity contribution < 1.29 is 23.1 Å². The third kappa shape index (κ3) is 6.49. The first-order chi connectivity index (χ1) is 19.5. The topological polar surface area (TPSA) is 71.0 Å². The Morgan fingerprint density at radius 3 is 2.56 bits per heavy atom. The number of ether oxygens (including phenoxy) is 1. The lowest BCUT2D eigenvalue weighted by molar-refractivity contribution is -0.127. The molecule has 210 valence electrons. The van der Waals surface area contributed by atoms with Gasteiger partial charge >= 0.3 is 0 Å². The summed E-state index contributed by atoms with van der Waals surface area (Å²) in [5.74, 6) is -4.76. The van der Waals surface area contributed by atoms with Crippen molar-refractivity contribution in [1.82, 2.24) is 0 Å². The molecule has 0 spiro atoms. The second-order valence-electron chi connectivity index (χ2n) is 9.72. The third-order valence-electron chi connectivity index (χ3n) is 6.69. The molecular formula is C33H31F2N3O3. The number of rotatable bonds is 10. The summed E-state index contributed by atoms with van der Waals surface area (Å²) < 4.78 is 33.1. The minimum absolute atomic E-state index is 0.166. The first-order valence-electron chi connectivity index (χ1n) is 13.0. The van der Waals surface area contributed by atoms with Gasteiger partial charge in [0.1, 0.15) is 5.75 Å². The normalized spacial score (nSPS) is 15.4. The Labute approximate surface area is 238 Å². The lowest BCUT2D eigenvalue weighted by Crippen LogP contribution is -2.36. The van der Waals surface area contributed by atoms with E-state index in [1.807, 2.05) is 42.5 Å². The van der Waals surface area contributed by atoms with Gasteiger partial charge in [-0.1, -0.05) is 67.8 Å². The monoisotopic (exact) mass is 555 g/mol. The van der Waals surface area contributed by atoms with Crippen molar-refractivity contribution in [3.8, 4) is 5.75 Å². The molecule has 6 nitrogen and oxygen atoms in total. The number of amides is 2. The molecule has 3 aromatic rings. The number of methoxy groups -OCH3 is 1. The molecule has 1 N–H and O–H groups in total. The van der Waals surface area contributed by atoms with Crippen LogP contribution in [-0.4, -0.2) is 24.6 Å². The molecule has 0 aromatic heterocycles. The predicted molar refractivity (Wildman–Crippen MR) is 159 cm³/mol. The summed E-state index contributed by atoms with van der Waals surface area (Å²) in [7, 11) is 1.61. The van der Waals surface area contributed by atoms with E-state index in [0.717, 1.165) is 34.9 Å². The number of anilines is 2.